The highest BCUT2D eigenvalue weighted by atomic mass is 16.6. The average molecular weight is 505 g/mol. The molecule has 0 fully saturated rings. The maximum atomic E-state index is 11.2. The maximum Gasteiger partial charge on any atom is 0.335 e. The molecule has 0 atom stereocenters. The summed E-state index contributed by atoms with van der Waals surface area (Å²) in [4.78, 5) is 11.2. The number of methoxy groups -OCH3 is 1. The van der Waals surface area contributed by atoms with Gasteiger partial charge in [-0.2, -0.15) is 0 Å². The second-order valence-electron chi connectivity index (χ2n) is 6.86. The van der Waals surface area contributed by atoms with Crippen LogP contribution in [0.5, 0.6) is 5.75 Å². The molecule has 10 heteroatoms. The molecule has 1 aromatic rings. The summed E-state index contributed by atoms with van der Waals surface area (Å²) in [5.74, 6) is -0.510. The molecule has 0 aromatic heterocycles. The van der Waals surface area contributed by atoms with Gasteiger partial charge in [-0.25, -0.2) is 4.79 Å². The number of ether oxygens (including phenoxy) is 7. The van der Waals surface area contributed by atoms with Gasteiger partial charge in [-0.05, 0) is 30.5 Å². The molecule has 0 unspecified atom stereocenters. The molecular weight excluding hydrogens is 460 g/mol. The lowest BCUT2D eigenvalue weighted by Gasteiger charge is -2.12. The molecule has 10 nitrogen and oxygen atoms in total. The molecule has 0 saturated carbocycles. The van der Waals surface area contributed by atoms with Crippen molar-refractivity contribution >= 4 is 5.97 Å². The molecule has 0 heterocycles. The van der Waals surface area contributed by atoms with E-state index in [2.05, 4.69) is 0 Å². The van der Waals surface area contributed by atoms with Gasteiger partial charge in [-0.3, -0.25) is 0 Å². The Labute approximate surface area is 209 Å². The first-order valence-corrected chi connectivity index (χ1v) is 12.2. The summed E-state index contributed by atoms with van der Waals surface area (Å²) in [5.41, 5.74) is 1.02. The van der Waals surface area contributed by atoms with Crippen LogP contribution in [0.4, 0.5) is 0 Å². The van der Waals surface area contributed by atoms with Crippen molar-refractivity contribution in [2.75, 3.05) is 93.0 Å². The molecule has 0 aliphatic heterocycles. The lowest BCUT2D eigenvalue weighted by atomic mass is 10.1. The first-order chi connectivity index (χ1) is 17.2. The SMILES string of the molecule is CC.COCCOCCOCCOCCOCCOCCOc1cc(C(=O)O)ccc1CCCO. The fraction of sp³-hybridized carbons (Fsp3) is 0.720. The fourth-order valence-electron chi connectivity index (χ4n) is 2.63. The minimum absolute atomic E-state index is 0.0627. The van der Waals surface area contributed by atoms with E-state index in [1.165, 1.54) is 12.1 Å². The number of carboxylic acids is 1. The van der Waals surface area contributed by atoms with Crippen molar-refractivity contribution in [1.29, 1.82) is 0 Å². The number of rotatable bonds is 23. The van der Waals surface area contributed by atoms with Crippen LogP contribution in [0.25, 0.3) is 0 Å². The van der Waals surface area contributed by atoms with E-state index in [1.54, 1.807) is 13.2 Å². The van der Waals surface area contributed by atoms with Crippen LogP contribution in [0, 0.1) is 0 Å². The van der Waals surface area contributed by atoms with Crippen LogP contribution < -0.4 is 4.74 Å². The van der Waals surface area contributed by atoms with Crippen LogP contribution in [0.2, 0.25) is 0 Å². The molecule has 0 radical (unpaired) electrons. The summed E-state index contributed by atoms with van der Waals surface area (Å²) < 4.78 is 37.5. The zero-order valence-corrected chi connectivity index (χ0v) is 21.5. The third-order valence-corrected chi connectivity index (χ3v) is 4.32. The summed E-state index contributed by atoms with van der Waals surface area (Å²) >= 11 is 0. The van der Waals surface area contributed by atoms with Crippen molar-refractivity contribution in [1.82, 2.24) is 0 Å². The monoisotopic (exact) mass is 504 g/mol. The lowest BCUT2D eigenvalue weighted by molar-refractivity contribution is -0.0159. The molecule has 2 N–H and O–H groups in total. The van der Waals surface area contributed by atoms with Gasteiger partial charge in [0.1, 0.15) is 12.4 Å². The van der Waals surface area contributed by atoms with Crippen LogP contribution in [0.1, 0.15) is 36.2 Å². The molecule has 0 bridgehead atoms. The highest BCUT2D eigenvalue weighted by Crippen LogP contribution is 2.22. The summed E-state index contributed by atoms with van der Waals surface area (Å²) in [7, 11) is 1.63. The lowest BCUT2D eigenvalue weighted by Crippen LogP contribution is -2.15. The number of carbonyl (C=O) groups is 1. The average Bonchev–Trinajstić information content (AvgIpc) is 2.88. The van der Waals surface area contributed by atoms with E-state index < -0.39 is 5.97 Å². The Morgan fingerprint density at radius 2 is 1.20 bits per heavy atom. The maximum absolute atomic E-state index is 11.2. The molecule has 1 rings (SSSR count). The highest BCUT2D eigenvalue weighted by molar-refractivity contribution is 5.88. The zero-order valence-electron chi connectivity index (χ0n) is 21.5. The van der Waals surface area contributed by atoms with Crippen molar-refractivity contribution in [3.63, 3.8) is 0 Å². The number of aromatic carboxylic acids is 1. The topological polar surface area (TPSA) is 122 Å². The highest BCUT2D eigenvalue weighted by Gasteiger charge is 2.09. The number of benzene rings is 1. The molecular formula is C25H44O10. The van der Waals surface area contributed by atoms with Gasteiger partial charge in [0.15, 0.2) is 0 Å². The van der Waals surface area contributed by atoms with Gasteiger partial charge in [0.2, 0.25) is 0 Å². The van der Waals surface area contributed by atoms with Crippen molar-refractivity contribution < 1.29 is 48.2 Å². The number of carboxylic acid groups (broad SMARTS) is 1. The predicted octanol–water partition coefficient (Wildman–Crippen LogP) is 2.44. The molecule has 204 valence electrons. The summed E-state index contributed by atoms with van der Waals surface area (Å²) in [6.07, 6.45) is 1.19. The number of hydrogen-bond donors (Lipinski definition) is 2. The van der Waals surface area contributed by atoms with E-state index >= 15 is 0 Å². The van der Waals surface area contributed by atoms with Gasteiger partial charge in [0, 0.05) is 13.7 Å². The first-order valence-electron chi connectivity index (χ1n) is 12.2. The number of hydrogen-bond acceptors (Lipinski definition) is 9. The van der Waals surface area contributed by atoms with Crippen molar-refractivity contribution in [3.05, 3.63) is 29.3 Å². The summed E-state index contributed by atoms with van der Waals surface area (Å²) in [6, 6.07) is 4.75. The van der Waals surface area contributed by atoms with Gasteiger partial charge >= 0.3 is 5.97 Å². The van der Waals surface area contributed by atoms with Crippen molar-refractivity contribution in [2.24, 2.45) is 0 Å². The molecule has 0 amide bonds. The van der Waals surface area contributed by atoms with E-state index in [9.17, 15) is 4.79 Å². The van der Waals surface area contributed by atoms with Crippen molar-refractivity contribution in [2.45, 2.75) is 26.7 Å². The second-order valence-corrected chi connectivity index (χ2v) is 6.86. The molecule has 0 aliphatic rings. The Morgan fingerprint density at radius 3 is 1.63 bits per heavy atom. The summed E-state index contributed by atoms with van der Waals surface area (Å²) in [5, 5.41) is 18.2. The molecule has 0 aliphatic carbocycles. The van der Waals surface area contributed by atoms with E-state index in [1.807, 2.05) is 13.8 Å². The molecule has 0 saturated heterocycles. The molecule has 0 spiro atoms. The number of aryl methyl sites for hydroxylation is 1. The van der Waals surface area contributed by atoms with Crippen molar-refractivity contribution in [3.8, 4) is 5.75 Å². The Bertz CT molecular complexity index is 612. The smallest absolute Gasteiger partial charge is 0.335 e. The van der Waals surface area contributed by atoms with Crippen LogP contribution in [-0.2, 0) is 34.8 Å². The third kappa shape index (κ3) is 19.1. The second kappa shape index (κ2) is 25.3. The largest absolute Gasteiger partial charge is 0.491 e. The molecule has 35 heavy (non-hydrogen) atoms. The van der Waals surface area contributed by atoms with Crippen LogP contribution in [0.15, 0.2) is 18.2 Å². The van der Waals surface area contributed by atoms with E-state index in [-0.39, 0.29) is 18.8 Å². The fourth-order valence-corrected chi connectivity index (χ4v) is 2.63. The van der Waals surface area contributed by atoms with E-state index in [4.69, 9.17) is 43.4 Å². The number of aliphatic hydroxyl groups excluding tert-OH is 1. The Hall–Kier alpha value is -1.79. The van der Waals surface area contributed by atoms with Crippen LogP contribution in [0.3, 0.4) is 0 Å². The quantitative estimate of drug-likeness (QED) is 0.215. The Balaban J connectivity index is 0.00000562. The predicted molar refractivity (Wildman–Crippen MR) is 132 cm³/mol. The van der Waals surface area contributed by atoms with Crippen LogP contribution >= 0.6 is 0 Å². The first kappa shape index (κ1) is 33.2. The van der Waals surface area contributed by atoms with Gasteiger partial charge in [0.25, 0.3) is 0 Å². The Kier molecular flexibility index (Phi) is 24.0. The normalized spacial score (nSPS) is 10.6. The van der Waals surface area contributed by atoms with Gasteiger partial charge in [0.05, 0.1) is 78.2 Å². The van der Waals surface area contributed by atoms with Gasteiger partial charge in [-0.1, -0.05) is 19.9 Å². The summed E-state index contributed by atoms with van der Waals surface area (Å²) in [6.45, 7) is 9.73. The third-order valence-electron chi connectivity index (χ3n) is 4.32. The van der Waals surface area contributed by atoms with E-state index in [0.717, 1.165) is 5.56 Å². The standard InChI is InChI=1S/C23H38O10.C2H6/c1-27-7-8-28-9-10-29-11-12-30-13-14-31-15-16-32-17-18-33-22-19-21(23(25)26)5-4-20(22)3-2-6-24;1-2/h4-5,19,24H,2-3,6-18H2,1H3,(H,25,26);1-2H3. The molecule has 1 aromatic carbocycles. The minimum atomic E-state index is -1.01. The Morgan fingerprint density at radius 1 is 0.743 bits per heavy atom. The zero-order chi connectivity index (χ0) is 26.0. The van der Waals surface area contributed by atoms with Gasteiger partial charge < -0.3 is 43.4 Å². The van der Waals surface area contributed by atoms with Gasteiger partial charge in [-0.15, -0.1) is 0 Å². The minimum Gasteiger partial charge on any atom is -0.491 e. The van der Waals surface area contributed by atoms with E-state index in [0.29, 0.717) is 91.3 Å². The van der Waals surface area contributed by atoms with Crippen LogP contribution in [-0.4, -0.2) is 109 Å². The number of aliphatic hydroxyl groups is 1.